The molecule has 2 N–H and O–H groups in total. The van der Waals surface area contributed by atoms with E-state index in [-0.39, 0.29) is 5.91 Å². The zero-order chi connectivity index (χ0) is 26.1. The van der Waals surface area contributed by atoms with E-state index in [9.17, 15) is 4.79 Å². The molecule has 1 aromatic carbocycles. The van der Waals surface area contributed by atoms with Crippen LogP contribution in [0.15, 0.2) is 64.5 Å². The molecule has 4 aromatic rings. The number of fused-ring (bicyclic) bond motifs is 1. The summed E-state index contributed by atoms with van der Waals surface area (Å²) in [7, 11) is 4.63. The molecular weight excluding hydrogens is 476 g/mol. The predicted molar refractivity (Wildman–Crippen MR) is 136 cm³/mol. The number of amides is 1. The van der Waals surface area contributed by atoms with Crippen LogP contribution in [-0.2, 0) is 4.79 Å². The van der Waals surface area contributed by atoms with Gasteiger partial charge in [-0.05, 0) is 50.2 Å². The first-order chi connectivity index (χ1) is 17.9. The Hall–Kier alpha value is -4.80. The Morgan fingerprint density at radius 1 is 1.08 bits per heavy atom. The summed E-state index contributed by atoms with van der Waals surface area (Å²) in [6.07, 6.45) is 3.22. The molecule has 1 aliphatic heterocycles. The summed E-state index contributed by atoms with van der Waals surface area (Å²) in [4.78, 5) is 22.3. The molecule has 0 radical (unpaired) electrons. The number of nitrogens with zero attached hydrogens (tertiary/aromatic N) is 4. The predicted octanol–water partition coefficient (Wildman–Crippen LogP) is 4.19. The summed E-state index contributed by atoms with van der Waals surface area (Å²) in [6.45, 7) is 3.67. The number of rotatable bonds is 7. The standard InChI is InChI=1S/C26H26N6O5/c1-14-8-9-18(37-14)22-21(25(33)29-17-7-6-10-27-13-17)15(2)28-26-30-24(31-32(22)26)16-11-19(34-3)23(36-5)20(12-16)35-4/h6-13,22H,1-5H3,(H,29,33)(H,28,30,31). The number of anilines is 2. The zero-order valence-corrected chi connectivity index (χ0v) is 21.0. The lowest BCUT2D eigenvalue weighted by Gasteiger charge is -2.27. The van der Waals surface area contributed by atoms with Crippen molar-refractivity contribution in [3.05, 3.63) is 71.6 Å². The maximum atomic E-state index is 13.5. The molecular formula is C26H26N6O5. The van der Waals surface area contributed by atoms with Crippen molar-refractivity contribution < 1.29 is 23.4 Å². The number of carbonyl (C=O) groups is 1. The van der Waals surface area contributed by atoms with E-state index in [0.717, 1.165) is 0 Å². The number of furan rings is 1. The monoisotopic (exact) mass is 502 g/mol. The fourth-order valence-electron chi connectivity index (χ4n) is 4.28. The van der Waals surface area contributed by atoms with E-state index in [1.807, 2.05) is 26.0 Å². The third kappa shape index (κ3) is 4.35. The number of aromatic nitrogens is 4. The topological polar surface area (TPSA) is 126 Å². The number of nitrogens with one attached hydrogen (secondary N) is 2. The number of aryl methyl sites for hydroxylation is 1. The fourth-order valence-corrected chi connectivity index (χ4v) is 4.28. The highest BCUT2D eigenvalue weighted by molar-refractivity contribution is 6.05. The lowest BCUT2D eigenvalue weighted by atomic mass is 10.00. The van der Waals surface area contributed by atoms with Crippen molar-refractivity contribution in [1.82, 2.24) is 19.7 Å². The van der Waals surface area contributed by atoms with E-state index in [0.29, 0.717) is 63.1 Å². The molecule has 11 heteroatoms. The van der Waals surface area contributed by atoms with Gasteiger partial charge in [0.2, 0.25) is 11.7 Å². The van der Waals surface area contributed by atoms with Crippen LogP contribution in [0, 0.1) is 6.92 Å². The van der Waals surface area contributed by atoms with Crippen molar-refractivity contribution in [2.24, 2.45) is 0 Å². The SMILES string of the molecule is COc1cc(-c2nc3n(n2)C(c2ccc(C)o2)C(C(=O)Nc2cccnc2)=C(C)N3)cc(OC)c1OC. The molecule has 1 amide bonds. The van der Waals surface area contributed by atoms with Gasteiger partial charge in [0.25, 0.3) is 5.91 Å². The number of carbonyl (C=O) groups excluding carboxylic acids is 1. The highest BCUT2D eigenvalue weighted by atomic mass is 16.5. The molecule has 37 heavy (non-hydrogen) atoms. The smallest absolute Gasteiger partial charge is 0.256 e. The molecule has 1 unspecified atom stereocenters. The van der Waals surface area contributed by atoms with Crippen molar-refractivity contribution in [1.29, 1.82) is 0 Å². The average Bonchev–Trinajstić information content (AvgIpc) is 3.53. The van der Waals surface area contributed by atoms with E-state index in [1.54, 1.807) is 62.7 Å². The summed E-state index contributed by atoms with van der Waals surface area (Å²) in [5.41, 5.74) is 2.28. The molecule has 0 aliphatic carbocycles. The molecule has 0 bridgehead atoms. The first kappa shape index (κ1) is 23.9. The Morgan fingerprint density at radius 3 is 2.43 bits per heavy atom. The number of benzene rings is 1. The van der Waals surface area contributed by atoms with Gasteiger partial charge in [-0.25, -0.2) is 4.68 Å². The second-order valence-corrected chi connectivity index (χ2v) is 8.33. The Labute approximate surface area is 213 Å². The van der Waals surface area contributed by atoms with E-state index in [4.69, 9.17) is 28.7 Å². The Balaban J connectivity index is 1.60. The molecule has 190 valence electrons. The number of ether oxygens (including phenoxy) is 3. The number of allylic oxidation sites excluding steroid dienone is 1. The fraction of sp³-hybridized carbons (Fsp3) is 0.231. The van der Waals surface area contributed by atoms with Gasteiger partial charge in [-0.2, -0.15) is 4.98 Å². The van der Waals surface area contributed by atoms with Crippen LogP contribution in [0.2, 0.25) is 0 Å². The summed E-state index contributed by atoms with van der Waals surface area (Å²) in [6, 6.07) is 10.1. The molecule has 0 fully saturated rings. The van der Waals surface area contributed by atoms with Crippen molar-refractivity contribution in [2.45, 2.75) is 19.9 Å². The minimum atomic E-state index is -0.662. The van der Waals surface area contributed by atoms with Crippen molar-refractivity contribution in [2.75, 3.05) is 32.0 Å². The van der Waals surface area contributed by atoms with Gasteiger partial charge in [0, 0.05) is 17.5 Å². The largest absolute Gasteiger partial charge is 0.493 e. The van der Waals surface area contributed by atoms with Crippen LogP contribution in [-0.4, -0.2) is 47.0 Å². The number of pyridine rings is 1. The maximum Gasteiger partial charge on any atom is 0.256 e. The van der Waals surface area contributed by atoms with Crippen LogP contribution < -0.4 is 24.8 Å². The number of hydrogen-bond acceptors (Lipinski definition) is 9. The quantitative estimate of drug-likeness (QED) is 0.382. The molecule has 1 atom stereocenters. The summed E-state index contributed by atoms with van der Waals surface area (Å²) in [5.74, 6) is 3.22. The lowest BCUT2D eigenvalue weighted by molar-refractivity contribution is -0.113. The van der Waals surface area contributed by atoms with Crippen LogP contribution >= 0.6 is 0 Å². The van der Waals surface area contributed by atoms with E-state index in [1.165, 1.54) is 0 Å². The van der Waals surface area contributed by atoms with Gasteiger partial charge in [-0.15, -0.1) is 5.10 Å². The maximum absolute atomic E-state index is 13.5. The van der Waals surface area contributed by atoms with Gasteiger partial charge in [0.15, 0.2) is 17.3 Å². The first-order valence-electron chi connectivity index (χ1n) is 11.5. The van der Waals surface area contributed by atoms with Gasteiger partial charge >= 0.3 is 0 Å². The Bertz CT molecular complexity index is 1470. The van der Waals surface area contributed by atoms with Gasteiger partial charge in [0.1, 0.15) is 17.6 Å². The minimum absolute atomic E-state index is 0.312. The second kappa shape index (κ2) is 9.69. The molecule has 0 spiro atoms. The molecule has 11 nitrogen and oxygen atoms in total. The van der Waals surface area contributed by atoms with Gasteiger partial charge < -0.3 is 29.3 Å². The molecule has 0 saturated heterocycles. The summed E-state index contributed by atoms with van der Waals surface area (Å²) >= 11 is 0. The van der Waals surface area contributed by atoms with E-state index >= 15 is 0 Å². The van der Waals surface area contributed by atoms with Crippen LogP contribution in [0.1, 0.15) is 24.5 Å². The number of methoxy groups -OCH3 is 3. The third-order valence-electron chi connectivity index (χ3n) is 5.97. The van der Waals surface area contributed by atoms with Crippen LogP contribution in [0.4, 0.5) is 11.6 Å². The molecule has 1 aliphatic rings. The van der Waals surface area contributed by atoms with Gasteiger partial charge in [-0.1, -0.05) is 0 Å². The summed E-state index contributed by atoms with van der Waals surface area (Å²) in [5, 5.41) is 10.9. The van der Waals surface area contributed by atoms with Crippen molar-refractivity contribution in [3.63, 3.8) is 0 Å². The van der Waals surface area contributed by atoms with Crippen LogP contribution in [0.5, 0.6) is 17.2 Å². The molecule has 5 rings (SSSR count). The highest BCUT2D eigenvalue weighted by Gasteiger charge is 2.36. The van der Waals surface area contributed by atoms with Crippen molar-refractivity contribution >= 4 is 17.5 Å². The molecule has 3 aromatic heterocycles. The van der Waals surface area contributed by atoms with Crippen molar-refractivity contribution in [3.8, 4) is 28.6 Å². The molecule has 4 heterocycles. The average molecular weight is 503 g/mol. The van der Waals surface area contributed by atoms with E-state index in [2.05, 4.69) is 15.6 Å². The third-order valence-corrected chi connectivity index (χ3v) is 5.97. The highest BCUT2D eigenvalue weighted by Crippen LogP contribution is 2.42. The molecule has 0 saturated carbocycles. The van der Waals surface area contributed by atoms with E-state index < -0.39 is 6.04 Å². The van der Waals surface area contributed by atoms with Crippen LogP contribution in [0.25, 0.3) is 11.4 Å². The number of hydrogen-bond donors (Lipinski definition) is 2. The van der Waals surface area contributed by atoms with Crippen LogP contribution in [0.3, 0.4) is 0 Å². The first-order valence-corrected chi connectivity index (χ1v) is 11.5. The second-order valence-electron chi connectivity index (χ2n) is 8.33. The van der Waals surface area contributed by atoms with Gasteiger partial charge in [-0.3, -0.25) is 9.78 Å². The Kier molecular flexibility index (Phi) is 6.26. The zero-order valence-electron chi connectivity index (χ0n) is 21.0. The normalized spacial score (nSPS) is 14.6. The summed E-state index contributed by atoms with van der Waals surface area (Å²) < 4.78 is 24.0. The minimum Gasteiger partial charge on any atom is -0.493 e. The van der Waals surface area contributed by atoms with Gasteiger partial charge in [0.05, 0.1) is 38.8 Å². The lowest BCUT2D eigenvalue weighted by Crippen LogP contribution is -2.31. The Morgan fingerprint density at radius 2 is 1.84 bits per heavy atom.